The van der Waals surface area contributed by atoms with E-state index < -0.39 is 0 Å². The van der Waals surface area contributed by atoms with Gasteiger partial charge >= 0.3 is 0 Å². The number of carbonyl (C=O) groups is 1. The van der Waals surface area contributed by atoms with Crippen molar-refractivity contribution in [2.45, 2.75) is 6.92 Å². The summed E-state index contributed by atoms with van der Waals surface area (Å²) in [6.45, 7) is 1.84. The molecule has 0 fully saturated rings. The SMILES string of the molecule is Cc1ccc(N)c(C(=O)CBr)c1Cl. The molecule has 1 aromatic rings. The number of Topliss-reactive ketones (excluding diaryl/α,β-unsaturated/α-hetero) is 1. The number of nitrogens with two attached hydrogens (primary N) is 1. The molecule has 0 amide bonds. The van der Waals surface area contributed by atoms with Crippen LogP contribution in [-0.2, 0) is 0 Å². The Morgan fingerprint density at radius 2 is 2.23 bits per heavy atom. The van der Waals surface area contributed by atoms with Crippen molar-refractivity contribution >= 4 is 39.0 Å². The third kappa shape index (κ3) is 2.03. The third-order valence-electron chi connectivity index (χ3n) is 1.77. The van der Waals surface area contributed by atoms with E-state index in [1.54, 1.807) is 12.1 Å². The molecule has 1 rings (SSSR count). The van der Waals surface area contributed by atoms with E-state index in [0.717, 1.165) is 5.56 Å². The Morgan fingerprint density at radius 1 is 1.62 bits per heavy atom. The molecule has 0 bridgehead atoms. The number of alkyl halides is 1. The van der Waals surface area contributed by atoms with Gasteiger partial charge in [0.2, 0.25) is 0 Å². The zero-order valence-electron chi connectivity index (χ0n) is 7.10. The average molecular weight is 263 g/mol. The Bertz CT molecular complexity index is 352. The fraction of sp³-hybridized carbons (Fsp3) is 0.222. The van der Waals surface area contributed by atoms with E-state index >= 15 is 0 Å². The molecule has 4 heteroatoms. The fourth-order valence-corrected chi connectivity index (χ4v) is 1.60. The van der Waals surface area contributed by atoms with Crippen LogP contribution in [0.25, 0.3) is 0 Å². The Kier molecular flexibility index (Phi) is 3.33. The van der Waals surface area contributed by atoms with Gasteiger partial charge in [-0.1, -0.05) is 33.6 Å². The second-order valence-corrected chi connectivity index (χ2v) is 3.66. The maximum Gasteiger partial charge on any atom is 0.176 e. The molecule has 0 aromatic heterocycles. The van der Waals surface area contributed by atoms with Crippen LogP contribution in [-0.4, -0.2) is 11.1 Å². The standard InChI is InChI=1S/C9H9BrClNO/c1-5-2-3-6(12)8(9(5)11)7(13)4-10/h2-3H,4,12H2,1H3. The number of halogens is 2. The third-order valence-corrected chi connectivity index (χ3v) is 2.76. The first-order valence-electron chi connectivity index (χ1n) is 3.71. The molecule has 1 aromatic carbocycles. The van der Waals surface area contributed by atoms with Gasteiger partial charge in [0.05, 0.1) is 15.9 Å². The lowest BCUT2D eigenvalue weighted by atomic mass is 10.1. The Labute approximate surface area is 90.2 Å². The largest absolute Gasteiger partial charge is 0.398 e. The summed E-state index contributed by atoms with van der Waals surface area (Å²) < 4.78 is 0. The molecule has 0 saturated carbocycles. The minimum Gasteiger partial charge on any atom is -0.398 e. The van der Waals surface area contributed by atoms with Crippen molar-refractivity contribution in [3.63, 3.8) is 0 Å². The average Bonchev–Trinajstić information content (AvgIpc) is 2.12. The van der Waals surface area contributed by atoms with Crippen molar-refractivity contribution in [2.75, 3.05) is 11.1 Å². The molecule has 0 unspecified atom stereocenters. The summed E-state index contributed by atoms with van der Waals surface area (Å²) in [4.78, 5) is 11.4. The van der Waals surface area contributed by atoms with Crippen molar-refractivity contribution in [2.24, 2.45) is 0 Å². The first kappa shape index (κ1) is 10.5. The topological polar surface area (TPSA) is 43.1 Å². The summed E-state index contributed by atoms with van der Waals surface area (Å²) in [7, 11) is 0. The summed E-state index contributed by atoms with van der Waals surface area (Å²) in [5, 5.41) is 0.685. The number of carbonyl (C=O) groups excluding carboxylic acids is 1. The zero-order valence-corrected chi connectivity index (χ0v) is 9.45. The van der Waals surface area contributed by atoms with Gasteiger partial charge in [-0.3, -0.25) is 4.79 Å². The molecule has 13 heavy (non-hydrogen) atoms. The molecule has 0 aliphatic carbocycles. The summed E-state index contributed by atoms with van der Waals surface area (Å²) >= 11 is 9.03. The maximum atomic E-state index is 11.4. The molecule has 0 atom stereocenters. The van der Waals surface area contributed by atoms with E-state index in [4.69, 9.17) is 17.3 Å². The van der Waals surface area contributed by atoms with Gasteiger partial charge < -0.3 is 5.73 Å². The number of anilines is 1. The van der Waals surface area contributed by atoms with Gasteiger partial charge in [-0.05, 0) is 18.6 Å². The quantitative estimate of drug-likeness (QED) is 0.506. The molecule has 0 aliphatic heterocycles. The van der Waals surface area contributed by atoms with Gasteiger partial charge in [0.25, 0.3) is 0 Å². The number of benzene rings is 1. The number of aryl methyl sites for hydroxylation is 1. The van der Waals surface area contributed by atoms with Crippen LogP contribution in [0.1, 0.15) is 15.9 Å². The van der Waals surface area contributed by atoms with Crippen LogP contribution in [0.5, 0.6) is 0 Å². The molecule has 2 nitrogen and oxygen atoms in total. The number of ketones is 1. The zero-order chi connectivity index (χ0) is 10.0. The highest BCUT2D eigenvalue weighted by Crippen LogP contribution is 2.26. The highest BCUT2D eigenvalue weighted by molar-refractivity contribution is 9.09. The molecule has 70 valence electrons. The predicted octanol–water partition coefficient (Wildman–Crippen LogP) is 2.81. The van der Waals surface area contributed by atoms with Crippen LogP contribution < -0.4 is 5.73 Å². The van der Waals surface area contributed by atoms with E-state index in [-0.39, 0.29) is 11.1 Å². The predicted molar refractivity (Wildman–Crippen MR) is 58.7 cm³/mol. The smallest absolute Gasteiger partial charge is 0.176 e. The van der Waals surface area contributed by atoms with Crippen LogP contribution in [0.4, 0.5) is 5.69 Å². The maximum absolute atomic E-state index is 11.4. The monoisotopic (exact) mass is 261 g/mol. The molecule has 2 N–H and O–H groups in total. The lowest BCUT2D eigenvalue weighted by molar-refractivity contribution is 0.102. The number of hydrogen-bond donors (Lipinski definition) is 1. The summed E-state index contributed by atoms with van der Waals surface area (Å²) in [6.07, 6.45) is 0. The van der Waals surface area contributed by atoms with Gasteiger partial charge in [-0.2, -0.15) is 0 Å². The lowest BCUT2D eigenvalue weighted by Crippen LogP contribution is -2.06. The van der Waals surface area contributed by atoms with E-state index in [2.05, 4.69) is 15.9 Å². The van der Waals surface area contributed by atoms with E-state index in [1.807, 2.05) is 6.92 Å². The minimum absolute atomic E-state index is 0.0915. The van der Waals surface area contributed by atoms with Gasteiger partial charge in [0.1, 0.15) is 0 Å². The van der Waals surface area contributed by atoms with Crippen LogP contribution in [0.15, 0.2) is 12.1 Å². The molecule has 0 heterocycles. The van der Waals surface area contributed by atoms with Crippen LogP contribution >= 0.6 is 27.5 Å². The van der Waals surface area contributed by atoms with Crippen LogP contribution in [0.2, 0.25) is 5.02 Å². The van der Waals surface area contributed by atoms with Gasteiger partial charge in [-0.25, -0.2) is 0 Å². The lowest BCUT2D eigenvalue weighted by Gasteiger charge is -2.07. The number of hydrogen-bond acceptors (Lipinski definition) is 2. The van der Waals surface area contributed by atoms with Gasteiger partial charge in [-0.15, -0.1) is 0 Å². The Hall–Kier alpha value is -0.540. The Morgan fingerprint density at radius 3 is 2.77 bits per heavy atom. The highest BCUT2D eigenvalue weighted by Gasteiger charge is 2.14. The van der Waals surface area contributed by atoms with E-state index in [0.29, 0.717) is 16.3 Å². The molecular weight excluding hydrogens is 253 g/mol. The molecule has 0 saturated heterocycles. The summed E-state index contributed by atoms with van der Waals surface area (Å²) in [5.74, 6) is -0.0915. The van der Waals surface area contributed by atoms with Crippen molar-refractivity contribution in [3.8, 4) is 0 Å². The highest BCUT2D eigenvalue weighted by atomic mass is 79.9. The van der Waals surface area contributed by atoms with Gasteiger partial charge in [0, 0.05) is 5.69 Å². The fourth-order valence-electron chi connectivity index (χ4n) is 1.05. The normalized spacial score (nSPS) is 10.1. The second-order valence-electron chi connectivity index (χ2n) is 2.72. The first-order chi connectivity index (χ1) is 6.07. The van der Waals surface area contributed by atoms with Crippen LogP contribution in [0.3, 0.4) is 0 Å². The van der Waals surface area contributed by atoms with E-state index in [1.165, 1.54) is 0 Å². The van der Waals surface area contributed by atoms with Crippen molar-refractivity contribution in [1.29, 1.82) is 0 Å². The molecule has 0 aliphatic rings. The molecule has 0 spiro atoms. The second kappa shape index (κ2) is 4.11. The van der Waals surface area contributed by atoms with Crippen molar-refractivity contribution in [3.05, 3.63) is 28.3 Å². The number of rotatable bonds is 2. The van der Waals surface area contributed by atoms with Crippen molar-refractivity contribution in [1.82, 2.24) is 0 Å². The molecular formula is C9H9BrClNO. The van der Waals surface area contributed by atoms with E-state index in [9.17, 15) is 4.79 Å². The summed E-state index contributed by atoms with van der Waals surface area (Å²) in [6, 6.07) is 3.49. The molecule has 0 radical (unpaired) electrons. The minimum atomic E-state index is -0.0915. The number of nitrogen functional groups attached to an aromatic ring is 1. The summed E-state index contributed by atoms with van der Waals surface area (Å²) in [5.41, 5.74) is 7.35. The first-order valence-corrected chi connectivity index (χ1v) is 5.21. The van der Waals surface area contributed by atoms with Gasteiger partial charge in [0.15, 0.2) is 5.78 Å². The Balaban J connectivity index is 3.33. The van der Waals surface area contributed by atoms with Crippen LogP contribution in [0, 0.1) is 6.92 Å². The van der Waals surface area contributed by atoms with Crippen molar-refractivity contribution < 1.29 is 4.79 Å².